The summed E-state index contributed by atoms with van der Waals surface area (Å²) in [6.07, 6.45) is 2.78. The molecule has 0 spiro atoms. The van der Waals surface area contributed by atoms with Gasteiger partial charge >= 0.3 is 0 Å². The summed E-state index contributed by atoms with van der Waals surface area (Å²) in [6, 6.07) is 1.27. The van der Waals surface area contributed by atoms with Crippen LogP contribution in [0.25, 0.3) is 0 Å². The molecule has 0 aromatic carbocycles. The first-order valence-corrected chi connectivity index (χ1v) is 7.59. The second-order valence-electron chi connectivity index (χ2n) is 6.71. The Balaban J connectivity index is 2.14. The Morgan fingerprint density at radius 3 is 2.67 bits per heavy atom. The van der Waals surface area contributed by atoms with E-state index in [1.54, 1.807) is 0 Å². The minimum atomic E-state index is 0.272. The number of nitrogens with one attached hydrogen (secondary N) is 1. The van der Waals surface area contributed by atoms with Crippen molar-refractivity contribution in [3.63, 3.8) is 0 Å². The van der Waals surface area contributed by atoms with Crippen LogP contribution in [-0.4, -0.2) is 48.3 Å². The Morgan fingerprint density at radius 2 is 2.17 bits per heavy atom. The molecular weight excluding hydrogens is 224 g/mol. The second kappa shape index (κ2) is 5.48. The summed E-state index contributed by atoms with van der Waals surface area (Å²) in [5.41, 5.74) is 0.272. The summed E-state index contributed by atoms with van der Waals surface area (Å²) in [4.78, 5) is 2.74. The number of nitrogens with zero attached hydrogens (tertiary/aromatic N) is 1. The van der Waals surface area contributed by atoms with Crippen LogP contribution in [0.2, 0.25) is 0 Å². The van der Waals surface area contributed by atoms with Crippen molar-refractivity contribution >= 4 is 0 Å². The van der Waals surface area contributed by atoms with Crippen molar-refractivity contribution in [3.8, 4) is 0 Å². The summed E-state index contributed by atoms with van der Waals surface area (Å²) < 4.78 is 5.79. The van der Waals surface area contributed by atoms with Crippen molar-refractivity contribution in [2.24, 2.45) is 5.92 Å². The molecule has 2 fully saturated rings. The van der Waals surface area contributed by atoms with Gasteiger partial charge in [-0.25, -0.2) is 0 Å². The molecule has 18 heavy (non-hydrogen) atoms. The number of hydrogen-bond donors (Lipinski definition) is 1. The fourth-order valence-electron chi connectivity index (χ4n) is 3.42. The highest BCUT2D eigenvalue weighted by Crippen LogP contribution is 2.29. The zero-order valence-electron chi connectivity index (χ0n) is 12.7. The van der Waals surface area contributed by atoms with Crippen LogP contribution in [0.3, 0.4) is 0 Å². The lowest BCUT2D eigenvalue weighted by molar-refractivity contribution is -0.00362. The minimum Gasteiger partial charge on any atom is -0.377 e. The van der Waals surface area contributed by atoms with E-state index in [1.165, 1.54) is 12.8 Å². The fraction of sp³-hybridized carbons (Fsp3) is 1.00. The maximum atomic E-state index is 5.79. The van der Waals surface area contributed by atoms with Crippen molar-refractivity contribution in [3.05, 3.63) is 0 Å². The summed E-state index contributed by atoms with van der Waals surface area (Å²) in [6.45, 7) is 14.8. The third kappa shape index (κ3) is 2.73. The monoisotopic (exact) mass is 254 g/mol. The third-order valence-electron chi connectivity index (χ3n) is 5.01. The maximum Gasteiger partial charge on any atom is 0.0703 e. The third-order valence-corrected chi connectivity index (χ3v) is 5.01. The van der Waals surface area contributed by atoms with Crippen molar-refractivity contribution in [2.75, 3.05) is 19.7 Å². The summed E-state index contributed by atoms with van der Waals surface area (Å²) >= 11 is 0. The molecule has 0 aromatic rings. The van der Waals surface area contributed by atoms with Gasteiger partial charge in [-0.2, -0.15) is 0 Å². The molecule has 3 nitrogen and oxygen atoms in total. The molecule has 2 rings (SSSR count). The highest BCUT2D eigenvalue weighted by Gasteiger charge is 2.42. The molecule has 0 radical (unpaired) electrons. The molecule has 4 unspecified atom stereocenters. The lowest BCUT2D eigenvalue weighted by Crippen LogP contribution is -2.66. The van der Waals surface area contributed by atoms with Gasteiger partial charge in [-0.1, -0.05) is 20.8 Å². The van der Waals surface area contributed by atoms with Gasteiger partial charge in [0, 0.05) is 37.3 Å². The van der Waals surface area contributed by atoms with Gasteiger partial charge in [-0.05, 0) is 32.6 Å². The van der Waals surface area contributed by atoms with E-state index >= 15 is 0 Å². The summed E-state index contributed by atoms with van der Waals surface area (Å²) in [5, 5.41) is 3.76. The van der Waals surface area contributed by atoms with Crippen LogP contribution in [0.15, 0.2) is 0 Å². The summed E-state index contributed by atoms with van der Waals surface area (Å²) in [5.74, 6) is 0.701. The van der Waals surface area contributed by atoms with Crippen LogP contribution < -0.4 is 5.32 Å². The van der Waals surface area contributed by atoms with Crippen LogP contribution in [0.1, 0.15) is 47.5 Å². The molecule has 2 aliphatic heterocycles. The second-order valence-corrected chi connectivity index (χ2v) is 6.71. The molecule has 2 heterocycles. The lowest BCUT2D eigenvalue weighted by atomic mass is 9.87. The number of piperazine rings is 1. The van der Waals surface area contributed by atoms with Crippen molar-refractivity contribution in [2.45, 2.75) is 71.2 Å². The zero-order chi connectivity index (χ0) is 13.3. The Kier molecular flexibility index (Phi) is 4.35. The zero-order valence-corrected chi connectivity index (χ0v) is 12.7. The first-order valence-electron chi connectivity index (χ1n) is 7.59. The maximum absolute atomic E-state index is 5.79. The van der Waals surface area contributed by atoms with Gasteiger partial charge < -0.3 is 10.1 Å². The van der Waals surface area contributed by atoms with Crippen molar-refractivity contribution in [1.82, 2.24) is 10.2 Å². The topological polar surface area (TPSA) is 24.5 Å². The molecule has 0 aliphatic carbocycles. The largest absolute Gasteiger partial charge is 0.377 e. The summed E-state index contributed by atoms with van der Waals surface area (Å²) in [7, 11) is 0. The molecule has 0 amide bonds. The van der Waals surface area contributed by atoms with E-state index in [-0.39, 0.29) is 5.54 Å². The van der Waals surface area contributed by atoms with E-state index in [4.69, 9.17) is 4.74 Å². The SMILES string of the molecule is CCC1(C)CN(C2CCOC2C)C(C(C)C)CN1. The first kappa shape index (κ1) is 14.3. The van der Waals surface area contributed by atoms with Crippen LogP contribution >= 0.6 is 0 Å². The normalized spacial score (nSPS) is 42.7. The van der Waals surface area contributed by atoms with E-state index in [9.17, 15) is 0 Å². The van der Waals surface area contributed by atoms with Crippen LogP contribution in [-0.2, 0) is 4.74 Å². The van der Waals surface area contributed by atoms with Crippen LogP contribution in [0, 0.1) is 5.92 Å². The van der Waals surface area contributed by atoms with Gasteiger partial charge in [-0.3, -0.25) is 4.90 Å². The van der Waals surface area contributed by atoms with Gasteiger partial charge in [0.25, 0.3) is 0 Å². The Hall–Kier alpha value is -0.120. The van der Waals surface area contributed by atoms with E-state index in [0.29, 0.717) is 24.1 Å². The predicted octanol–water partition coefficient (Wildman–Crippen LogP) is 2.26. The Labute approximate surface area is 112 Å². The fourth-order valence-corrected chi connectivity index (χ4v) is 3.42. The average molecular weight is 254 g/mol. The quantitative estimate of drug-likeness (QED) is 0.836. The standard InChI is InChI=1S/C15H30N2O/c1-6-15(5)10-17(13-7-8-18-12(13)4)14(9-16-15)11(2)3/h11-14,16H,6-10H2,1-5H3. The van der Waals surface area contributed by atoms with E-state index < -0.39 is 0 Å². The molecule has 0 bridgehead atoms. The smallest absolute Gasteiger partial charge is 0.0703 e. The molecule has 0 saturated carbocycles. The Morgan fingerprint density at radius 1 is 1.44 bits per heavy atom. The number of rotatable bonds is 3. The molecular formula is C15H30N2O. The van der Waals surface area contributed by atoms with Gasteiger partial charge in [-0.15, -0.1) is 0 Å². The van der Waals surface area contributed by atoms with Crippen LogP contribution in [0.4, 0.5) is 0 Å². The van der Waals surface area contributed by atoms with Gasteiger partial charge in [0.15, 0.2) is 0 Å². The molecule has 0 aromatic heterocycles. The molecule has 1 N–H and O–H groups in total. The van der Waals surface area contributed by atoms with Gasteiger partial charge in [0.2, 0.25) is 0 Å². The van der Waals surface area contributed by atoms with Gasteiger partial charge in [0.1, 0.15) is 0 Å². The molecule has 2 saturated heterocycles. The number of ether oxygens (including phenoxy) is 1. The molecule has 106 valence electrons. The number of hydrogen-bond acceptors (Lipinski definition) is 3. The van der Waals surface area contributed by atoms with Gasteiger partial charge in [0.05, 0.1) is 6.10 Å². The molecule has 4 atom stereocenters. The van der Waals surface area contributed by atoms with E-state index in [2.05, 4.69) is 44.8 Å². The molecule has 2 aliphatic rings. The lowest BCUT2D eigenvalue weighted by Gasteiger charge is -2.50. The van der Waals surface area contributed by atoms with E-state index in [1.807, 2.05) is 0 Å². The first-order chi connectivity index (χ1) is 8.47. The highest BCUT2D eigenvalue weighted by atomic mass is 16.5. The predicted molar refractivity (Wildman–Crippen MR) is 75.8 cm³/mol. The minimum absolute atomic E-state index is 0.272. The van der Waals surface area contributed by atoms with Crippen molar-refractivity contribution in [1.29, 1.82) is 0 Å². The molecule has 3 heteroatoms. The Bertz CT molecular complexity index is 280. The van der Waals surface area contributed by atoms with Crippen molar-refractivity contribution < 1.29 is 4.74 Å². The average Bonchev–Trinajstić information content (AvgIpc) is 2.75. The highest BCUT2D eigenvalue weighted by molar-refractivity contribution is 4.99. The van der Waals surface area contributed by atoms with E-state index in [0.717, 1.165) is 19.7 Å². The van der Waals surface area contributed by atoms with Crippen LogP contribution in [0.5, 0.6) is 0 Å².